The van der Waals surface area contributed by atoms with Crippen LogP contribution in [-0.2, 0) is 11.3 Å². The molecule has 0 spiro atoms. The summed E-state index contributed by atoms with van der Waals surface area (Å²) in [5.41, 5.74) is 4.68. The molecule has 0 bridgehead atoms. The molecule has 2 aromatic rings. The highest BCUT2D eigenvalue weighted by Gasteiger charge is 2.12. The van der Waals surface area contributed by atoms with Crippen molar-refractivity contribution < 1.29 is 4.79 Å². The molecular formula is C17H22N2O. The Morgan fingerprint density at radius 2 is 1.85 bits per heavy atom. The van der Waals surface area contributed by atoms with Gasteiger partial charge in [-0.25, -0.2) is 0 Å². The normalized spacial score (nSPS) is 10.8. The van der Waals surface area contributed by atoms with Crippen molar-refractivity contribution in [2.24, 2.45) is 5.92 Å². The van der Waals surface area contributed by atoms with Crippen LogP contribution in [0.2, 0.25) is 0 Å². The third-order valence-electron chi connectivity index (χ3n) is 3.53. The maximum Gasteiger partial charge on any atom is 0.222 e. The summed E-state index contributed by atoms with van der Waals surface area (Å²) < 4.78 is 2.22. The number of amides is 1. The summed E-state index contributed by atoms with van der Waals surface area (Å²) in [4.78, 5) is 11.7. The molecular weight excluding hydrogens is 248 g/mol. The second kappa shape index (κ2) is 5.95. The highest BCUT2D eigenvalue weighted by Crippen LogP contribution is 2.20. The highest BCUT2D eigenvalue weighted by molar-refractivity contribution is 5.77. The minimum atomic E-state index is 0.0209. The molecule has 0 saturated heterocycles. The molecule has 1 amide bonds. The number of rotatable bonds is 4. The molecule has 20 heavy (non-hydrogen) atoms. The van der Waals surface area contributed by atoms with Crippen LogP contribution in [0.25, 0.3) is 5.69 Å². The van der Waals surface area contributed by atoms with E-state index in [1.165, 1.54) is 17.0 Å². The van der Waals surface area contributed by atoms with Gasteiger partial charge in [0.25, 0.3) is 0 Å². The van der Waals surface area contributed by atoms with Gasteiger partial charge in [-0.3, -0.25) is 4.79 Å². The molecule has 0 radical (unpaired) electrons. The van der Waals surface area contributed by atoms with Crippen molar-refractivity contribution in [3.05, 3.63) is 53.3 Å². The Labute approximate surface area is 120 Å². The summed E-state index contributed by atoms with van der Waals surface area (Å²) in [5, 5.41) is 2.98. The van der Waals surface area contributed by atoms with E-state index in [0.717, 1.165) is 5.69 Å². The van der Waals surface area contributed by atoms with Crippen molar-refractivity contribution in [2.45, 2.75) is 34.2 Å². The predicted octanol–water partition coefficient (Wildman–Crippen LogP) is 3.37. The number of hydrogen-bond donors (Lipinski definition) is 1. The summed E-state index contributed by atoms with van der Waals surface area (Å²) in [6, 6.07) is 12.4. The number of benzene rings is 1. The monoisotopic (exact) mass is 270 g/mol. The van der Waals surface area contributed by atoms with Gasteiger partial charge in [-0.2, -0.15) is 0 Å². The summed E-state index contributed by atoms with van der Waals surface area (Å²) >= 11 is 0. The molecule has 1 N–H and O–H groups in total. The van der Waals surface area contributed by atoms with E-state index in [1.807, 2.05) is 32.0 Å². The molecule has 2 rings (SSSR count). The average Bonchev–Trinajstić information content (AvgIpc) is 2.71. The standard InChI is InChI=1S/C17H22N2O/c1-12(2)17(20)18-11-15-10-13(3)19(14(15)4)16-8-6-5-7-9-16/h5-10,12H,11H2,1-4H3,(H,18,20). The zero-order valence-electron chi connectivity index (χ0n) is 12.6. The topological polar surface area (TPSA) is 34.0 Å². The first kappa shape index (κ1) is 14.4. The molecule has 0 atom stereocenters. The smallest absolute Gasteiger partial charge is 0.222 e. The van der Waals surface area contributed by atoms with E-state index in [1.54, 1.807) is 0 Å². The number of nitrogens with one attached hydrogen (secondary N) is 1. The summed E-state index contributed by atoms with van der Waals surface area (Å²) in [7, 11) is 0. The molecule has 0 aliphatic heterocycles. The molecule has 0 aliphatic carbocycles. The van der Waals surface area contributed by atoms with Crippen molar-refractivity contribution in [1.29, 1.82) is 0 Å². The van der Waals surface area contributed by atoms with Crippen LogP contribution < -0.4 is 5.32 Å². The van der Waals surface area contributed by atoms with Gasteiger partial charge in [0.2, 0.25) is 5.91 Å². The van der Waals surface area contributed by atoms with Gasteiger partial charge >= 0.3 is 0 Å². The van der Waals surface area contributed by atoms with Gasteiger partial charge in [-0.05, 0) is 37.6 Å². The molecule has 1 aromatic carbocycles. The lowest BCUT2D eigenvalue weighted by atomic mass is 10.2. The lowest BCUT2D eigenvalue weighted by molar-refractivity contribution is -0.124. The predicted molar refractivity (Wildman–Crippen MR) is 81.9 cm³/mol. The molecule has 3 heteroatoms. The lowest BCUT2D eigenvalue weighted by Gasteiger charge is -2.10. The fourth-order valence-electron chi connectivity index (χ4n) is 2.37. The maximum absolute atomic E-state index is 11.7. The first-order valence-electron chi connectivity index (χ1n) is 7.01. The Morgan fingerprint density at radius 1 is 1.20 bits per heavy atom. The van der Waals surface area contributed by atoms with Gasteiger partial charge in [-0.15, -0.1) is 0 Å². The molecule has 1 aromatic heterocycles. The van der Waals surface area contributed by atoms with Gasteiger partial charge in [-0.1, -0.05) is 32.0 Å². The van der Waals surface area contributed by atoms with Gasteiger partial charge in [0.15, 0.2) is 0 Å². The van der Waals surface area contributed by atoms with Crippen LogP contribution in [0.3, 0.4) is 0 Å². The van der Waals surface area contributed by atoms with Crippen LogP contribution in [0.1, 0.15) is 30.8 Å². The largest absolute Gasteiger partial charge is 0.352 e. The summed E-state index contributed by atoms with van der Waals surface area (Å²) in [6.45, 7) is 8.58. The molecule has 0 aliphatic rings. The first-order valence-corrected chi connectivity index (χ1v) is 7.01. The third kappa shape index (κ3) is 2.93. The number of para-hydroxylation sites is 1. The molecule has 0 saturated carbocycles. The van der Waals surface area contributed by atoms with Gasteiger partial charge < -0.3 is 9.88 Å². The van der Waals surface area contributed by atoms with Crippen molar-refractivity contribution in [3.8, 4) is 5.69 Å². The Morgan fingerprint density at radius 3 is 2.45 bits per heavy atom. The molecule has 0 unspecified atom stereocenters. The van der Waals surface area contributed by atoms with E-state index >= 15 is 0 Å². The Kier molecular flexibility index (Phi) is 4.28. The zero-order chi connectivity index (χ0) is 14.7. The SMILES string of the molecule is Cc1cc(CNC(=O)C(C)C)c(C)n1-c1ccccc1. The molecule has 3 nitrogen and oxygen atoms in total. The van der Waals surface area contributed by atoms with E-state index < -0.39 is 0 Å². The zero-order valence-corrected chi connectivity index (χ0v) is 12.6. The lowest BCUT2D eigenvalue weighted by Crippen LogP contribution is -2.27. The molecule has 1 heterocycles. The van der Waals surface area contributed by atoms with Crippen molar-refractivity contribution in [3.63, 3.8) is 0 Å². The van der Waals surface area contributed by atoms with Crippen LogP contribution in [-0.4, -0.2) is 10.5 Å². The average molecular weight is 270 g/mol. The second-order valence-corrected chi connectivity index (χ2v) is 5.44. The first-order chi connectivity index (χ1) is 9.50. The highest BCUT2D eigenvalue weighted by atomic mass is 16.1. The van der Waals surface area contributed by atoms with E-state index in [0.29, 0.717) is 6.54 Å². The van der Waals surface area contributed by atoms with E-state index in [-0.39, 0.29) is 11.8 Å². The Hall–Kier alpha value is -2.03. The summed E-state index contributed by atoms with van der Waals surface area (Å²) in [6.07, 6.45) is 0. The Balaban J connectivity index is 2.24. The van der Waals surface area contributed by atoms with Gasteiger partial charge in [0.05, 0.1) is 0 Å². The van der Waals surface area contributed by atoms with E-state index in [2.05, 4.69) is 41.9 Å². The second-order valence-electron chi connectivity index (χ2n) is 5.44. The Bertz CT molecular complexity index is 597. The number of hydrogen-bond acceptors (Lipinski definition) is 1. The van der Waals surface area contributed by atoms with Crippen LogP contribution in [0, 0.1) is 19.8 Å². The van der Waals surface area contributed by atoms with Gasteiger partial charge in [0, 0.05) is 29.5 Å². The minimum absolute atomic E-state index is 0.0209. The number of aryl methyl sites for hydroxylation is 1. The third-order valence-corrected chi connectivity index (χ3v) is 3.53. The van der Waals surface area contributed by atoms with Crippen LogP contribution in [0.15, 0.2) is 36.4 Å². The fraction of sp³-hybridized carbons (Fsp3) is 0.353. The van der Waals surface area contributed by atoms with Crippen LogP contribution >= 0.6 is 0 Å². The fourth-order valence-corrected chi connectivity index (χ4v) is 2.37. The van der Waals surface area contributed by atoms with Crippen molar-refractivity contribution in [1.82, 2.24) is 9.88 Å². The number of carbonyl (C=O) groups excluding carboxylic acids is 1. The number of carbonyl (C=O) groups is 1. The minimum Gasteiger partial charge on any atom is -0.352 e. The van der Waals surface area contributed by atoms with Crippen LogP contribution in [0.5, 0.6) is 0 Å². The van der Waals surface area contributed by atoms with Crippen molar-refractivity contribution >= 4 is 5.91 Å². The summed E-state index contributed by atoms with van der Waals surface area (Å²) in [5.74, 6) is 0.113. The van der Waals surface area contributed by atoms with Crippen molar-refractivity contribution in [2.75, 3.05) is 0 Å². The molecule has 0 fully saturated rings. The maximum atomic E-state index is 11.7. The molecule has 106 valence electrons. The van der Waals surface area contributed by atoms with Crippen LogP contribution in [0.4, 0.5) is 0 Å². The van der Waals surface area contributed by atoms with Gasteiger partial charge in [0.1, 0.15) is 0 Å². The number of nitrogens with zero attached hydrogens (tertiary/aromatic N) is 1. The quantitative estimate of drug-likeness (QED) is 0.908. The van der Waals surface area contributed by atoms with E-state index in [4.69, 9.17) is 0 Å². The van der Waals surface area contributed by atoms with E-state index in [9.17, 15) is 4.79 Å². The number of aromatic nitrogens is 1.